The maximum absolute atomic E-state index is 11.7. The summed E-state index contributed by atoms with van der Waals surface area (Å²) in [6, 6.07) is 4.04. The van der Waals surface area contributed by atoms with Crippen molar-refractivity contribution in [3.63, 3.8) is 0 Å². The molecule has 0 radical (unpaired) electrons. The van der Waals surface area contributed by atoms with Crippen molar-refractivity contribution in [1.29, 1.82) is 0 Å². The van der Waals surface area contributed by atoms with Gasteiger partial charge in [0.1, 0.15) is 12.4 Å². The third-order valence-electron chi connectivity index (χ3n) is 3.98. The van der Waals surface area contributed by atoms with Gasteiger partial charge in [0.05, 0.1) is 11.7 Å². The second kappa shape index (κ2) is 4.74. The van der Waals surface area contributed by atoms with Crippen LogP contribution in [-0.2, 0) is 4.79 Å². The normalized spacial score (nSPS) is 20.8. The predicted molar refractivity (Wildman–Crippen MR) is 79.0 cm³/mol. The monoisotopic (exact) mass is 273 g/mol. The molecule has 20 heavy (non-hydrogen) atoms. The number of amides is 1. The van der Waals surface area contributed by atoms with Crippen molar-refractivity contribution in [2.24, 2.45) is 0 Å². The van der Waals surface area contributed by atoms with Gasteiger partial charge in [-0.25, -0.2) is 0 Å². The molecule has 2 N–H and O–H groups in total. The number of carbonyl (C=O) groups is 1. The molecule has 0 spiro atoms. The van der Waals surface area contributed by atoms with Crippen LogP contribution in [0.3, 0.4) is 0 Å². The Morgan fingerprint density at radius 2 is 2.30 bits per heavy atom. The number of rotatable bonds is 1. The number of anilines is 2. The Labute approximate surface area is 118 Å². The van der Waals surface area contributed by atoms with Crippen molar-refractivity contribution in [1.82, 2.24) is 4.90 Å². The fourth-order valence-corrected chi connectivity index (χ4v) is 3.06. The lowest BCUT2D eigenvalue weighted by Crippen LogP contribution is -2.58. The summed E-state index contributed by atoms with van der Waals surface area (Å²) in [4.78, 5) is 15.9. The van der Waals surface area contributed by atoms with Crippen LogP contribution in [0.15, 0.2) is 24.8 Å². The van der Waals surface area contributed by atoms with E-state index in [4.69, 9.17) is 10.5 Å². The van der Waals surface area contributed by atoms with Gasteiger partial charge in [-0.3, -0.25) is 4.79 Å². The molecule has 1 atom stereocenters. The van der Waals surface area contributed by atoms with Gasteiger partial charge < -0.3 is 20.3 Å². The molecule has 5 nitrogen and oxygen atoms in total. The van der Waals surface area contributed by atoms with Gasteiger partial charge >= 0.3 is 0 Å². The average Bonchev–Trinajstić information content (AvgIpc) is 2.44. The van der Waals surface area contributed by atoms with Crippen LogP contribution >= 0.6 is 0 Å². The third-order valence-corrected chi connectivity index (χ3v) is 3.98. The Bertz CT molecular complexity index is 570. The van der Waals surface area contributed by atoms with Crippen LogP contribution in [0.4, 0.5) is 11.4 Å². The molecule has 0 bridgehead atoms. The molecule has 0 aliphatic carbocycles. The molecule has 1 amide bonds. The van der Waals surface area contributed by atoms with Crippen molar-refractivity contribution >= 4 is 17.3 Å². The highest BCUT2D eigenvalue weighted by molar-refractivity contribution is 5.87. The summed E-state index contributed by atoms with van der Waals surface area (Å²) in [6.07, 6.45) is 1.37. The molecule has 0 aromatic heterocycles. The lowest BCUT2D eigenvalue weighted by atomic mass is 10.0. The number of nitrogen functional groups attached to an aromatic ring is 1. The molecule has 106 valence electrons. The van der Waals surface area contributed by atoms with Crippen molar-refractivity contribution < 1.29 is 9.53 Å². The highest BCUT2D eigenvalue weighted by Gasteiger charge is 2.34. The van der Waals surface area contributed by atoms with Crippen molar-refractivity contribution in [3.8, 4) is 5.75 Å². The van der Waals surface area contributed by atoms with E-state index in [-0.39, 0.29) is 11.9 Å². The standard InChI is InChI=1S/C15H19N3O2/c1-3-14(19)17-4-5-18-12(8-17)9-20-13-7-11(16)6-10(2)15(13)18/h3,6-7,12H,1,4-5,8-9,16H2,2H3/t12-/m1/s1. The van der Waals surface area contributed by atoms with Crippen LogP contribution in [0.1, 0.15) is 5.56 Å². The van der Waals surface area contributed by atoms with Crippen molar-refractivity contribution in [2.75, 3.05) is 36.9 Å². The minimum Gasteiger partial charge on any atom is -0.489 e. The number of hydrogen-bond donors (Lipinski definition) is 1. The number of nitrogens with two attached hydrogens (primary N) is 1. The lowest BCUT2D eigenvalue weighted by molar-refractivity contribution is -0.127. The van der Waals surface area contributed by atoms with Crippen LogP contribution in [0.5, 0.6) is 5.75 Å². The number of piperazine rings is 1. The van der Waals surface area contributed by atoms with E-state index in [1.165, 1.54) is 6.08 Å². The van der Waals surface area contributed by atoms with Gasteiger partial charge in [0, 0.05) is 31.4 Å². The van der Waals surface area contributed by atoms with Crippen LogP contribution in [0, 0.1) is 6.92 Å². The molecular formula is C15H19N3O2. The minimum absolute atomic E-state index is 0.00975. The van der Waals surface area contributed by atoms with Gasteiger partial charge in [-0.1, -0.05) is 6.58 Å². The summed E-state index contributed by atoms with van der Waals surface area (Å²) in [6.45, 7) is 8.37. The minimum atomic E-state index is -0.00975. The zero-order valence-corrected chi connectivity index (χ0v) is 11.6. The Kier molecular flexibility index (Phi) is 3.04. The Hall–Kier alpha value is -2.17. The van der Waals surface area contributed by atoms with E-state index in [0.717, 1.165) is 29.2 Å². The average molecular weight is 273 g/mol. The molecule has 2 aliphatic rings. The van der Waals surface area contributed by atoms with Gasteiger partial charge in [0.25, 0.3) is 0 Å². The summed E-state index contributed by atoms with van der Waals surface area (Å²) in [5, 5.41) is 0. The van der Waals surface area contributed by atoms with Gasteiger partial charge in [-0.05, 0) is 24.6 Å². The van der Waals surface area contributed by atoms with E-state index in [0.29, 0.717) is 19.7 Å². The van der Waals surface area contributed by atoms with Crippen LogP contribution in [0.2, 0.25) is 0 Å². The first-order valence-corrected chi connectivity index (χ1v) is 6.81. The fraction of sp³-hybridized carbons (Fsp3) is 0.400. The number of aryl methyl sites for hydroxylation is 1. The lowest BCUT2D eigenvalue weighted by Gasteiger charge is -2.46. The molecule has 1 fully saturated rings. The van der Waals surface area contributed by atoms with Crippen molar-refractivity contribution in [3.05, 3.63) is 30.4 Å². The number of benzene rings is 1. The molecule has 2 aliphatic heterocycles. The quantitative estimate of drug-likeness (QED) is 0.616. The molecule has 1 saturated heterocycles. The molecular weight excluding hydrogens is 254 g/mol. The maximum atomic E-state index is 11.7. The second-order valence-corrected chi connectivity index (χ2v) is 5.33. The first-order valence-electron chi connectivity index (χ1n) is 6.81. The van der Waals surface area contributed by atoms with E-state index in [2.05, 4.69) is 11.5 Å². The van der Waals surface area contributed by atoms with Crippen LogP contribution in [0.25, 0.3) is 0 Å². The van der Waals surface area contributed by atoms with Gasteiger partial charge in [0.15, 0.2) is 0 Å². The van der Waals surface area contributed by atoms with E-state index in [1.54, 1.807) is 0 Å². The summed E-state index contributed by atoms with van der Waals surface area (Å²) >= 11 is 0. The molecule has 0 saturated carbocycles. The molecule has 5 heteroatoms. The number of nitrogens with zero attached hydrogens (tertiary/aromatic N) is 2. The SMILES string of the molecule is C=CC(=O)N1CCN2c3c(C)cc(N)cc3OC[C@H]2C1. The number of fused-ring (bicyclic) bond motifs is 3. The summed E-state index contributed by atoms with van der Waals surface area (Å²) < 4.78 is 5.83. The second-order valence-electron chi connectivity index (χ2n) is 5.33. The largest absolute Gasteiger partial charge is 0.489 e. The molecule has 1 aromatic carbocycles. The van der Waals surface area contributed by atoms with E-state index in [9.17, 15) is 4.79 Å². The highest BCUT2D eigenvalue weighted by Crippen LogP contribution is 2.39. The third kappa shape index (κ3) is 1.99. The van der Waals surface area contributed by atoms with E-state index >= 15 is 0 Å². The zero-order chi connectivity index (χ0) is 14.3. The van der Waals surface area contributed by atoms with Crippen LogP contribution < -0.4 is 15.4 Å². The van der Waals surface area contributed by atoms with Gasteiger partial charge in [-0.15, -0.1) is 0 Å². The van der Waals surface area contributed by atoms with E-state index < -0.39 is 0 Å². The first kappa shape index (κ1) is 12.8. The summed E-state index contributed by atoms with van der Waals surface area (Å²) in [5.41, 5.74) is 8.82. The van der Waals surface area contributed by atoms with Crippen molar-refractivity contribution in [2.45, 2.75) is 13.0 Å². The zero-order valence-electron chi connectivity index (χ0n) is 11.6. The Balaban J connectivity index is 1.89. The topological polar surface area (TPSA) is 58.8 Å². The van der Waals surface area contributed by atoms with Gasteiger partial charge in [-0.2, -0.15) is 0 Å². The predicted octanol–water partition coefficient (Wildman–Crippen LogP) is 1.17. The Morgan fingerprint density at radius 3 is 3.05 bits per heavy atom. The highest BCUT2D eigenvalue weighted by atomic mass is 16.5. The number of carbonyl (C=O) groups excluding carboxylic acids is 1. The number of hydrogen-bond acceptors (Lipinski definition) is 4. The molecule has 1 aromatic rings. The first-order chi connectivity index (χ1) is 9.60. The van der Waals surface area contributed by atoms with E-state index in [1.807, 2.05) is 24.0 Å². The number of ether oxygens (including phenoxy) is 1. The fourth-order valence-electron chi connectivity index (χ4n) is 3.06. The molecule has 0 unspecified atom stereocenters. The Morgan fingerprint density at radius 1 is 1.50 bits per heavy atom. The summed E-state index contributed by atoms with van der Waals surface area (Å²) in [5.74, 6) is 0.840. The molecule has 2 heterocycles. The maximum Gasteiger partial charge on any atom is 0.246 e. The smallest absolute Gasteiger partial charge is 0.246 e. The van der Waals surface area contributed by atoms with Crippen LogP contribution in [-0.4, -0.2) is 43.1 Å². The van der Waals surface area contributed by atoms with Gasteiger partial charge in [0.2, 0.25) is 5.91 Å². The summed E-state index contributed by atoms with van der Waals surface area (Å²) in [7, 11) is 0. The molecule has 3 rings (SSSR count).